The molecule has 5 nitrogen and oxygen atoms in total. The second-order valence-electron chi connectivity index (χ2n) is 6.28. The lowest BCUT2D eigenvalue weighted by molar-refractivity contribution is 0.271. The summed E-state index contributed by atoms with van der Waals surface area (Å²) < 4.78 is 45.7. The van der Waals surface area contributed by atoms with Crippen LogP contribution in [0, 0.1) is 5.82 Å². The first-order valence-corrected chi connectivity index (χ1v) is 9.65. The first kappa shape index (κ1) is 15.8. The van der Waals surface area contributed by atoms with Gasteiger partial charge in [0.2, 0.25) is 0 Å². The van der Waals surface area contributed by atoms with Gasteiger partial charge in [0.05, 0.1) is 6.04 Å². The zero-order valence-corrected chi connectivity index (χ0v) is 14.1. The van der Waals surface area contributed by atoms with E-state index in [0.717, 1.165) is 18.5 Å². The number of rotatable bonds is 3. The van der Waals surface area contributed by atoms with Crippen LogP contribution in [-0.4, -0.2) is 41.2 Å². The molecule has 128 valence electrons. The molecule has 2 aliphatic rings. The van der Waals surface area contributed by atoms with Gasteiger partial charge in [-0.1, -0.05) is 18.2 Å². The third-order valence-electron chi connectivity index (χ3n) is 4.88. The van der Waals surface area contributed by atoms with Crippen LogP contribution >= 0.6 is 0 Å². The average molecular weight is 349 g/mol. The molecule has 4 rings (SSSR count). The van der Waals surface area contributed by atoms with Gasteiger partial charge in [-0.25, -0.2) is 4.39 Å². The highest BCUT2D eigenvalue weighted by Gasteiger charge is 2.41. The zero-order chi connectivity index (χ0) is 16.7. The summed E-state index contributed by atoms with van der Waals surface area (Å²) in [5, 5.41) is 0. The van der Waals surface area contributed by atoms with Gasteiger partial charge >= 0.3 is 0 Å². The molecule has 0 radical (unpaired) electrons. The molecule has 24 heavy (non-hydrogen) atoms. The van der Waals surface area contributed by atoms with E-state index in [1.54, 1.807) is 18.2 Å². The molecule has 1 aromatic heterocycles. The van der Waals surface area contributed by atoms with Gasteiger partial charge < -0.3 is 4.57 Å². The second-order valence-corrected chi connectivity index (χ2v) is 8.16. The third-order valence-corrected chi connectivity index (χ3v) is 6.89. The molecule has 3 heterocycles. The van der Waals surface area contributed by atoms with E-state index in [4.69, 9.17) is 0 Å². The Bertz CT molecular complexity index is 843. The summed E-state index contributed by atoms with van der Waals surface area (Å²) in [6, 6.07) is 9.58. The normalized spacial score (nSPS) is 22.6. The largest absolute Gasteiger partial charge is 0.348 e. The predicted molar refractivity (Wildman–Crippen MR) is 89.1 cm³/mol. The van der Waals surface area contributed by atoms with E-state index in [9.17, 15) is 12.8 Å². The molecule has 2 aromatic rings. The first-order chi connectivity index (χ1) is 11.6. The molecule has 0 saturated carbocycles. The van der Waals surface area contributed by atoms with E-state index in [0.29, 0.717) is 31.7 Å². The standard InChI is InChI=1S/C17H20FN3O2S/c18-15-7-2-1-6-14(15)17-16-8-5-9-19(16)12-13-21(17)24(22,23)20-10-3-4-11-20/h1-2,5-9,17H,3-4,10-13H2. The SMILES string of the molecule is O=S(=O)(N1CCCC1)N1CCn2cccc2C1c1ccccc1F. The number of fused-ring (bicyclic) bond motifs is 1. The number of hydrogen-bond acceptors (Lipinski definition) is 2. The Morgan fingerprint density at radius 3 is 2.46 bits per heavy atom. The van der Waals surface area contributed by atoms with Crippen molar-refractivity contribution in [2.45, 2.75) is 25.4 Å². The van der Waals surface area contributed by atoms with Crippen LogP contribution in [0.5, 0.6) is 0 Å². The number of benzene rings is 1. The topological polar surface area (TPSA) is 45.6 Å². The number of halogens is 1. The first-order valence-electron chi connectivity index (χ1n) is 8.25. The van der Waals surface area contributed by atoms with E-state index < -0.39 is 16.3 Å². The molecular weight excluding hydrogens is 329 g/mol. The summed E-state index contributed by atoms with van der Waals surface area (Å²) in [7, 11) is -3.61. The lowest BCUT2D eigenvalue weighted by atomic mass is 10.0. The van der Waals surface area contributed by atoms with Crippen molar-refractivity contribution in [1.82, 2.24) is 13.2 Å². The van der Waals surface area contributed by atoms with Gasteiger partial charge in [0, 0.05) is 43.6 Å². The Hall–Kier alpha value is -1.70. The van der Waals surface area contributed by atoms with Crippen LogP contribution in [0.2, 0.25) is 0 Å². The lowest BCUT2D eigenvalue weighted by Gasteiger charge is -2.38. The quantitative estimate of drug-likeness (QED) is 0.854. The van der Waals surface area contributed by atoms with Gasteiger partial charge in [-0.15, -0.1) is 0 Å². The molecule has 0 bridgehead atoms. The zero-order valence-electron chi connectivity index (χ0n) is 13.3. The molecular formula is C17H20FN3O2S. The van der Waals surface area contributed by atoms with Crippen molar-refractivity contribution in [3.8, 4) is 0 Å². The minimum atomic E-state index is -3.61. The average Bonchev–Trinajstić information content (AvgIpc) is 3.26. The second kappa shape index (κ2) is 5.98. The maximum Gasteiger partial charge on any atom is 0.282 e. The van der Waals surface area contributed by atoms with Crippen LogP contribution in [0.15, 0.2) is 42.6 Å². The van der Waals surface area contributed by atoms with Crippen LogP contribution in [0.1, 0.15) is 30.1 Å². The molecule has 1 atom stereocenters. The third kappa shape index (κ3) is 2.47. The highest BCUT2D eigenvalue weighted by atomic mass is 32.2. The molecule has 0 N–H and O–H groups in total. The maximum atomic E-state index is 14.5. The molecule has 0 aliphatic carbocycles. The maximum absolute atomic E-state index is 14.5. The van der Waals surface area contributed by atoms with Gasteiger partial charge in [0.25, 0.3) is 10.2 Å². The van der Waals surface area contributed by atoms with Crippen molar-refractivity contribution in [2.24, 2.45) is 0 Å². The highest BCUT2D eigenvalue weighted by molar-refractivity contribution is 7.86. The van der Waals surface area contributed by atoms with Crippen LogP contribution in [0.3, 0.4) is 0 Å². The number of aromatic nitrogens is 1. The summed E-state index contributed by atoms with van der Waals surface area (Å²) in [6.07, 6.45) is 3.69. The Balaban J connectivity index is 1.83. The lowest BCUT2D eigenvalue weighted by Crippen LogP contribution is -2.48. The summed E-state index contributed by atoms with van der Waals surface area (Å²) in [5.41, 5.74) is 1.22. The van der Waals surface area contributed by atoms with Gasteiger partial charge in [0.1, 0.15) is 5.82 Å². The van der Waals surface area contributed by atoms with Crippen LogP contribution < -0.4 is 0 Å². The van der Waals surface area contributed by atoms with Crippen molar-refractivity contribution >= 4 is 10.2 Å². The molecule has 0 spiro atoms. The monoisotopic (exact) mass is 349 g/mol. The molecule has 2 aliphatic heterocycles. The fourth-order valence-corrected chi connectivity index (χ4v) is 5.51. The fourth-order valence-electron chi connectivity index (χ4n) is 3.69. The van der Waals surface area contributed by atoms with Gasteiger partial charge in [-0.05, 0) is 31.0 Å². The smallest absolute Gasteiger partial charge is 0.282 e. The molecule has 1 fully saturated rings. The molecule has 1 unspecified atom stereocenters. The van der Waals surface area contributed by atoms with E-state index >= 15 is 0 Å². The molecule has 0 amide bonds. The number of hydrogen-bond donors (Lipinski definition) is 0. The van der Waals surface area contributed by atoms with E-state index in [1.807, 2.05) is 22.9 Å². The Morgan fingerprint density at radius 2 is 1.71 bits per heavy atom. The van der Waals surface area contributed by atoms with Gasteiger partial charge in [0.15, 0.2) is 0 Å². The fraction of sp³-hybridized carbons (Fsp3) is 0.412. The summed E-state index contributed by atoms with van der Waals surface area (Å²) >= 11 is 0. The van der Waals surface area contributed by atoms with Crippen LogP contribution in [0.25, 0.3) is 0 Å². The van der Waals surface area contributed by atoms with E-state index in [-0.39, 0.29) is 5.82 Å². The summed E-state index contributed by atoms with van der Waals surface area (Å²) in [6.45, 7) is 2.02. The van der Waals surface area contributed by atoms with Crippen molar-refractivity contribution in [3.05, 3.63) is 59.7 Å². The molecule has 7 heteroatoms. The Morgan fingerprint density at radius 1 is 0.958 bits per heavy atom. The molecule has 1 aromatic carbocycles. The van der Waals surface area contributed by atoms with Gasteiger partial charge in [-0.3, -0.25) is 0 Å². The van der Waals surface area contributed by atoms with Crippen molar-refractivity contribution in [1.29, 1.82) is 0 Å². The van der Waals surface area contributed by atoms with E-state index in [1.165, 1.54) is 14.7 Å². The Labute approximate surface area is 141 Å². The van der Waals surface area contributed by atoms with Crippen molar-refractivity contribution in [3.63, 3.8) is 0 Å². The minimum Gasteiger partial charge on any atom is -0.348 e. The Kier molecular flexibility index (Phi) is 3.94. The summed E-state index contributed by atoms with van der Waals surface area (Å²) in [5.74, 6) is -0.376. The highest BCUT2D eigenvalue weighted by Crippen LogP contribution is 2.36. The van der Waals surface area contributed by atoms with E-state index in [2.05, 4.69) is 0 Å². The van der Waals surface area contributed by atoms with Crippen molar-refractivity contribution < 1.29 is 12.8 Å². The van der Waals surface area contributed by atoms with Gasteiger partial charge in [-0.2, -0.15) is 17.0 Å². The predicted octanol–water partition coefficient (Wildman–Crippen LogP) is 2.37. The van der Waals surface area contributed by atoms with Crippen LogP contribution in [0.4, 0.5) is 4.39 Å². The van der Waals surface area contributed by atoms with Crippen molar-refractivity contribution in [2.75, 3.05) is 19.6 Å². The van der Waals surface area contributed by atoms with Crippen LogP contribution in [-0.2, 0) is 16.8 Å². The summed E-state index contributed by atoms with van der Waals surface area (Å²) in [4.78, 5) is 0. The molecule has 1 saturated heterocycles. The minimum absolute atomic E-state index is 0.347. The number of nitrogens with zero attached hydrogens (tertiary/aromatic N) is 3.